The smallest absolute Gasteiger partial charge is 0.289 e. The van der Waals surface area contributed by atoms with E-state index < -0.39 is 0 Å². The van der Waals surface area contributed by atoms with Crippen LogP contribution in [0.15, 0.2) is 33.2 Å². The van der Waals surface area contributed by atoms with Crippen LogP contribution in [0.3, 0.4) is 0 Å². The third kappa shape index (κ3) is 2.99. The number of piperidine rings is 1. The minimum absolute atomic E-state index is 0.00102. The Morgan fingerprint density at radius 1 is 1.52 bits per heavy atom. The number of carbonyl (C=O) groups excluding carboxylic acids is 1. The number of fused-ring (bicyclic) bond motifs is 1. The Labute approximate surface area is 132 Å². The first-order chi connectivity index (χ1) is 10.2. The van der Waals surface area contributed by atoms with Gasteiger partial charge in [0, 0.05) is 18.5 Å². The van der Waals surface area contributed by atoms with Crippen LogP contribution in [0.5, 0.6) is 0 Å². The van der Waals surface area contributed by atoms with Crippen molar-refractivity contribution in [2.45, 2.75) is 12.8 Å². The van der Waals surface area contributed by atoms with E-state index in [0.717, 1.165) is 41.5 Å². The van der Waals surface area contributed by atoms with E-state index >= 15 is 0 Å². The van der Waals surface area contributed by atoms with Crippen LogP contribution < -0.4 is 5.32 Å². The van der Waals surface area contributed by atoms with Gasteiger partial charge in [-0.15, -0.1) is 0 Å². The Morgan fingerprint density at radius 2 is 2.38 bits per heavy atom. The molecule has 112 valence electrons. The van der Waals surface area contributed by atoms with Crippen molar-refractivity contribution in [3.63, 3.8) is 0 Å². The Balaban J connectivity index is 1.81. The number of halogens is 1. The van der Waals surface area contributed by atoms with Crippen LogP contribution in [0.1, 0.15) is 23.4 Å². The molecule has 0 radical (unpaired) electrons. The number of hydrogen-bond acceptors (Lipinski definition) is 3. The maximum Gasteiger partial charge on any atom is 0.289 e. The number of likely N-dealkylation sites (tertiary alicyclic amines) is 1. The molecule has 2 aromatic rings. The van der Waals surface area contributed by atoms with Crippen molar-refractivity contribution in [1.82, 2.24) is 10.2 Å². The molecular formula is C16H19BrN2O2. The van der Waals surface area contributed by atoms with Crippen LogP contribution in [0.4, 0.5) is 0 Å². The van der Waals surface area contributed by atoms with Crippen LogP contribution >= 0.6 is 15.9 Å². The lowest BCUT2D eigenvalue weighted by atomic mass is 9.98. The molecule has 1 aromatic heterocycles. The van der Waals surface area contributed by atoms with Crippen LogP contribution in [0.25, 0.3) is 11.0 Å². The number of nitrogens with one attached hydrogen (secondary N) is 1. The predicted molar refractivity (Wildman–Crippen MR) is 86.5 cm³/mol. The molecule has 1 aromatic carbocycles. The summed E-state index contributed by atoms with van der Waals surface area (Å²) in [6.07, 6.45) is 2.23. The molecule has 21 heavy (non-hydrogen) atoms. The largest absolute Gasteiger partial charge is 0.450 e. The van der Waals surface area contributed by atoms with Gasteiger partial charge in [0.2, 0.25) is 0 Å². The summed E-state index contributed by atoms with van der Waals surface area (Å²) in [4.78, 5) is 14.5. The number of nitrogens with zero attached hydrogens (tertiary/aromatic N) is 1. The van der Waals surface area contributed by atoms with Gasteiger partial charge in [0.25, 0.3) is 5.91 Å². The molecule has 1 saturated heterocycles. The zero-order chi connectivity index (χ0) is 14.8. The normalized spacial score (nSPS) is 19.1. The minimum Gasteiger partial charge on any atom is -0.450 e. The summed E-state index contributed by atoms with van der Waals surface area (Å²) in [5, 5.41) is 4.15. The first-order valence-electron chi connectivity index (χ1n) is 7.31. The van der Waals surface area contributed by atoms with Gasteiger partial charge >= 0.3 is 0 Å². The monoisotopic (exact) mass is 350 g/mol. The predicted octanol–water partition coefficient (Wildman–Crippen LogP) is 3.27. The summed E-state index contributed by atoms with van der Waals surface area (Å²) in [7, 11) is 1.96. The fourth-order valence-corrected chi connectivity index (χ4v) is 3.46. The average molecular weight is 351 g/mol. The fourth-order valence-electron chi connectivity index (χ4n) is 2.99. The van der Waals surface area contributed by atoms with E-state index in [1.807, 2.05) is 36.2 Å². The van der Waals surface area contributed by atoms with Crippen molar-refractivity contribution in [3.05, 3.63) is 34.5 Å². The van der Waals surface area contributed by atoms with Crippen molar-refractivity contribution in [2.75, 3.05) is 26.7 Å². The Kier molecular flexibility index (Phi) is 4.31. The summed E-state index contributed by atoms with van der Waals surface area (Å²) >= 11 is 3.46. The zero-order valence-corrected chi connectivity index (χ0v) is 13.6. The molecule has 0 saturated carbocycles. The molecule has 0 spiro atoms. The molecule has 4 nitrogen and oxygen atoms in total. The molecular weight excluding hydrogens is 332 g/mol. The summed E-state index contributed by atoms with van der Waals surface area (Å²) in [6.45, 7) is 2.57. The van der Waals surface area contributed by atoms with Gasteiger partial charge in [-0.3, -0.25) is 4.79 Å². The lowest BCUT2D eigenvalue weighted by Crippen LogP contribution is -2.42. The van der Waals surface area contributed by atoms with Gasteiger partial charge in [-0.2, -0.15) is 0 Å². The third-order valence-corrected chi connectivity index (χ3v) is 4.63. The van der Waals surface area contributed by atoms with Gasteiger partial charge in [0.1, 0.15) is 5.58 Å². The molecule has 1 N–H and O–H groups in total. The van der Waals surface area contributed by atoms with E-state index in [1.54, 1.807) is 0 Å². The second-order valence-electron chi connectivity index (χ2n) is 5.59. The molecule has 1 fully saturated rings. The number of amides is 1. The lowest BCUT2D eigenvalue weighted by molar-refractivity contribution is 0.0644. The van der Waals surface area contributed by atoms with Crippen LogP contribution in [-0.4, -0.2) is 37.5 Å². The van der Waals surface area contributed by atoms with E-state index in [-0.39, 0.29) is 5.91 Å². The first kappa shape index (κ1) is 14.6. The van der Waals surface area contributed by atoms with E-state index in [1.165, 1.54) is 6.42 Å². The molecule has 5 heteroatoms. The summed E-state index contributed by atoms with van der Waals surface area (Å²) in [5.41, 5.74) is 0.740. The van der Waals surface area contributed by atoms with Crippen molar-refractivity contribution in [3.8, 4) is 0 Å². The molecule has 1 atom stereocenters. The number of furan rings is 1. The van der Waals surface area contributed by atoms with Crippen molar-refractivity contribution >= 4 is 32.8 Å². The van der Waals surface area contributed by atoms with E-state index in [0.29, 0.717) is 11.7 Å². The van der Waals surface area contributed by atoms with Gasteiger partial charge in [-0.1, -0.05) is 12.1 Å². The highest BCUT2D eigenvalue weighted by Crippen LogP contribution is 2.28. The lowest BCUT2D eigenvalue weighted by Gasteiger charge is -2.32. The molecule has 1 unspecified atom stereocenters. The fraction of sp³-hybridized carbons (Fsp3) is 0.438. The van der Waals surface area contributed by atoms with Gasteiger partial charge in [-0.25, -0.2) is 0 Å². The maximum atomic E-state index is 12.6. The molecule has 1 aliphatic rings. The van der Waals surface area contributed by atoms with Gasteiger partial charge < -0.3 is 14.6 Å². The maximum absolute atomic E-state index is 12.6. The highest BCUT2D eigenvalue weighted by atomic mass is 79.9. The molecule has 1 amide bonds. The van der Waals surface area contributed by atoms with E-state index in [9.17, 15) is 4.79 Å². The standard InChI is InChI=1S/C16H19BrN2O2/c1-18-9-11-4-3-7-19(10-11)16(20)14-8-12-5-2-6-13(17)15(12)21-14/h2,5-6,8,11,18H,3-4,7,9-10H2,1H3. The topological polar surface area (TPSA) is 45.5 Å². The van der Waals surface area contributed by atoms with Crippen LogP contribution in [0.2, 0.25) is 0 Å². The highest BCUT2D eigenvalue weighted by molar-refractivity contribution is 9.10. The van der Waals surface area contributed by atoms with E-state index in [4.69, 9.17) is 4.42 Å². The number of hydrogen-bond donors (Lipinski definition) is 1. The molecule has 2 heterocycles. The Bertz CT molecular complexity index is 651. The second kappa shape index (κ2) is 6.20. The number of rotatable bonds is 3. The highest BCUT2D eigenvalue weighted by Gasteiger charge is 2.26. The first-order valence-corrected chi connectivity index (χ1v) is 8.10. The minimum atomic E-state index is -0.00102. The molecule has 0 aliphatic carbocycles. The molecule has 3 rings (SSSR count). The second-order valence-corrected chi connectivity index (χ2v) is 6.44. The van der Waals surface area contributed by atoms with Crippen molar-refractivity contribution in [2.24, 2.45) is 5.92 Å². The number of benzene rings is 1. The van der Waals surface area contributed by atoms with Gasteiger partial charge in [0.15, 0.2) is 5.76 Å². The SMILES string of the molecule is CNCC1CCCN(C(=O)c2cc3cccc(Br)c3o2)C1. The van der Waals surface area contributed by atoms with Crippen LogP contribution in [-0.2, 0) is 0 Å². The summed E-state index contributed by atoms with van der Waals surface area (Å²) in [5.74, 6) is 0.963. The van der Waals surface area contributed by atoms with Crippen molar-refractivity contribution < 1.29 is 9.21 Å². The van der Waals surface area contributed by atoms with Crippen LogP contribution in [0, 0.1) is 5.92 Å². The quantitative estimate of drug-likeness (QED) is 0.923. The summed E-state index contributed by atoms with van der Waals surface area (Å²) in [6, 6.07) is 7.66. The van der Waals surface area contributed by atoms with E-state index in [2.05, 4.69) is 21.2 Å². The Morgan fingerprint density at radius 3 is 3.14 bits per heavy atom. The number of carbonyl (C=O) groups is 1. The van der Waals surface area contributed by atoms with Gasteiger partial charge in [0.05, 0.1) is 4.47 Å². The average Bonchev–Trinajstić information content (AvgIpc) is 2.93. The molecule has 1 aliphatic heterocycles. The van der Waals surface area contributed by atoms with Gasteiger partial charge in [-0.05, 0) is 60.4 Å². The molecule has 0 bridgehead atoms. The third-order valence-electron chi connectivity index (χ3n) is 4.01. The zero-order valence-electron chi connectivity index (χ0n) is 12.1. The number of para-hydroxylation sites is 1. The Hall–Kier alpha value is -1.33. The van der Waals surface area contributed by atoms with Crippen molar-refractivity contribution in [1.29, 1.82) is 0 Å². The summed E-state index contributed by atoms with van der Waals surface area (Å²) < 4.78 is 6.64.